The van der Waals surface area contributed by atoms with Gasteiger partial charge in [0.05, 0.1) is 16.4 Å². The number of aromatic nitrogens is 2. The number of nitrogens with zero attached hydrogens (tertiary/aromatic N) is 2. The number of nitrogen functional groups attached to an aromatic ring is 1. The smallest absolute Gasteiger partial charge is 0.142 e. The second kappa shape index (κ2) is 5.97. The van der Waals surface area contributed by atoms with Crippen LogP contribution in [0.25, 0.3) is 33.4 Å². The van der Waals surface area contributed by atoms with Gasteiger partial charge >= 0.3 is 0 Å². The highest BCUT2D eigenvalue weighted by Crippen LogP contribution is 2.38. The Labute approximate surface area is 149 Å². The summed E-state index contributed by atoms with van der Waals surface area (Å²) in [4.78, 5) is 7.68. The molecule has 0 aliphatic heterocycles. The van der Waals surface area contributed by atoms with E-state index in [9.17, 15) is 5.26 Å². The molecule has 2 heterocycles. The summed E-state index contributed by atoms with van der Waals surface area (Å²) in [5.74, 6) is 0.188. The SMILES string of the molecule is N#Cc1c(-c2[nH]c3ccccc3c2Cl)cc(-c2ccccc2)nc1N. The Morgan fingerprint density at radius 1 is 1.04 bits per heavy atom. The summed E-state index contributed by atoms with van der Waals surface area (Å²) in [6.45, 7) is 0. The van der Waals surface area contributed by atoms with E-state index >= 15 is 0 Å². The maximum atomic E-state index is 9.56. The fourth-order valence-corrected chi connectivity index (χ4v) is 3.24. The summed E-state index contributed by atoms with van der Waals surface area (Å²) in [7, 11) is 0. The van der Waals surface area contributed by atoms with Gasteiger partial charge in [0.25, 0.3) is 0 Å². The molecule has 120 valence electrons. The second-order valence-electron chi connectivity index (χ2n) is 5.65. The first kappa shape index (κ1) is 15.3. The third kappa shape index (κ3) is 2.51. The first-order valence-electron chi connectivity index (χ1n) is 7.71. The molecule has 0 aliphatic rings. The highest BCUT2D eigenvalue weighted by Gasteiger charge is 2.18. The lowest BCUT2D eigenvalue weighted by molar-refractivity contribution is 1.30. The number of fused-ring (bicyclic) bond motifs is 1. The van der Waals surface area contributed by atoms with Crippen LogP contribution < -0.4 is 5.73 Å². The predicted octanol–water partition coefficient (Wildman–Crippen LogP) is 5.00. The van der Waals surface area contributed by atoms with Crippen molar-refractivity contribution in [1.82, 2.24) is 9.97 Å². The van der Waals surface area contributed by atoms with Crippen LogP contribution in [0, 0.1) is 11.3 Å². The van der Waals surface area contributed by atoms with E-state index in [-0.39, 0.29) is 5.82 Å². The van der Waals surface area contributed by atoms with Gasteiger partial charge in [0.15, 0.2) is 0 Å². The van der Waals surface area contributed by atoms with E-state index in [1.807, 2.05) is 60.7 Å². The lowest BCUT2D eigenvalue weighted by atomic mass is 10.0. The molecule has 5 heteroatoms. The first-order chi connectivity index (χ1) is 12.2. The quantitative estimate of drug-likeness (QED) is 0.536. The number of H-pyrrole nitrogens is 1. The van der Waals surface area contributed by atoms with Gasteiger partial charge in [-0.05, 0) is 12.1 Å². The number of hydrogen-bond donors (Lipinski definition) is 2. The fourth-order valence-electron chi connectivity index (χ4n) is 2.93. The maximum absolute atomic E-state index is 9.56. The van der Waals surface area contributed by atoms with Crippen LogP contribution in [0.1, 0.15) is 5.56 Å². The van der Waals surface area contributed by atoms with Crippen LogP contribution in [0.5, 0.6) is 0 Å². The number of hydrogen-bond acceptors (Lipinski definition) is 3. The number of nitrogens with one attached hydrogen (secondary N) is 1. The Hall–Kier alpha value is -3.29. The zero-order valence-corrected chi connectivity index (χ0v) is 13.9. The molecule has 0 aliphatic carbocycles. The number of nitriles is 1. The van der Waals surface area contributed by atoms with Crippen molar-refractivity contribution in [2.45, 2.75) is 0 Å². The van der Waals surface area contributed by atoms with E-state index in [0.717, 1.165) is 16.5 Å². The first-order valence-corrected chi connectivity index (χ1v) is 8.09. The van der Waals surface area contributed by atoms with Gasteiger partial charge in [-0.2, -0.15) is 5.26 Å². The Bertz CT molecular complexity index is 1120. The van der Waals surface area contributed by atoms with Gasteiger partial charge in [0.1, 0.15) is 17.5 Å². The summed E-state index contributed by atoms with van der Waals surface area (Å²) in [6.07, 6.45) is 0. The fraction of sp³-hybridized carbons (Fsp3) is 0. The van der Waals surface area contributed by atoms with Crippen molar-refractivity contribution < 1.29 is 0 Å². The molecule has 3 N–H and O–H groups in total. The standard InChI is InChI=1S/C20H13ClN4/c21-18-13-8-4-5-9-16(13)24-19(18)14-10-17(12-6-2-1-3-7-12)25-20(23)15(14)11-22/h1-10,24H,(H2,23,25). The molecule has 0 radical (unpaired) electrons. The molecule has 2 aromatic heterocycles. The zero-order valence-electron chi connectivity index (χ0n) is 13.1. The van der Waals surface area contributed by atoms with E-state index in [1.165, 1.54) is 0 Å². The van der Waals surface area contributed by atoms with Crippen molar-refractivity contribution in [2.24, 2.45) is 0 Å². The number of halogens is 1. The van der Waals surface area contributed by atoms with Crippen molar-refractivity contribution in [3.05, 3.63) is 71.2 Å². The zero-order chi connectivity index (χ0) is 17.4. The van der Waals surface area contributed by atoms with Gasteiger partial charge in [-0.1, -0.05) is 60.1 Å². The van der Waals surface area contributed by atoms with Gasteiger partial charge in [-0.15, -0.1) is 0 Å². The average molecular weight is 345 g/mol. The lowest BCUT2D eigenvalue weighted by Gasteiger charge is -2.09. The van der Waals surface area contributed by atoms with Gasteiger partial charge in [0, 0.05) is 22.0 Å². The number of para-hydroxylation sites is 1. The molecule has 0 atom stereocenters. The summed E-state index contributed by atoms with van der Waals surface area (Å²) in [5, 5.41) is 11.0. The van der Waals surface area contributed by atoms with Crippen LogP contribution >= 0.6 is 11.6 Å². The van der Waals surface area contributed by atoms with Crippen LogP contribution in [0.2, 0.25) is 5.02 Å². The molecule has 0 fully saturated rings. The molecular weight excluding hydrogens is 332 g/mol. The highest BCUT2D eigenvalue weighted by molar-refractivity contribution is 6.38. The Morgan fingerprint density at radius 2 is 1.76 bits per heavy atom. The van der Waals surface area contributed by atoms with Gasteiger partial charge < -0.3 is 10.7 Å². The minimum atomic E-state index is 0.188. The van der Waals surface area contributed by atoms with Crippen molar-refractivity contribution in [2.75, 3.05) is 5.73 Å². The van der Waals surface area contributed by atoms with Crippen molar-refractivity contribution in [3.8, 4) is 28.6 Å². The normalized spacial score (nSPS) is 10.7. The number of anilines is 1. The highest BCUT2D eigenvalue weighted by atomic mass is 35.5. The third-order valence-corrected chi connectivity index (χ3v) is 4.53. The maximum Gasteiger partial charge on any atom is 0.142 e. The number of nitrogens with two attached hydrogens (primary N) is 1. The van der Waals surface area contributed by atoms with E-state index in [0.29, 0.717) is 27.5 Å². The van der Waals surface area contributed by atoms with Gasteiger partial charge in [-0.3, -0.25) is 0 Å². The summed E-state index contributed by atoms with van der Waals surface area (Å²) < 4.78 is 0. The van der Waals surface area contributed by atoms with Gasteiger partial charge in [0.2, 0.25) is 0 Å². The molecule has 4 nitrogen and oxygen atoms in total. The minimum Gasteiger partial charge on any atom is -0.383 e. The molecule has 4 aromatic rings. The monoisotopic (exact) mass is 344 g/mol. The van der Waals surface area contributed by atoms with Crippen molar-refractivity contribution in [3.63, 3.8) is 0 Å². The third-order valence-electron chi connectivity index (χ3n) is 4.14. The average Bonchev–Trinajstić information content (AvgIpc) is 2.99. The van der Waals surface area contributed by atoms with Crippen molar-refractivity contribution in [1.29, 1.82) is 5.26 Å². The van der Waals surface area contributed by atoms with Crippen LogP contribution in [-0.4, -0.2) is 9.97 Å². The number of pyridine rings is 1. The van der Waals surface area contributed by atoms with E-state index in [4.69, 9.17) is 17.3 Å². The predicted molar refractivity (Wildman–Crippen MR) is 101 cm³/mol. The molecule has 0 amide bonds. The van der Waals surface area contributed by atoms with E-state index in [2.05, 4.69) is 16.0 Å². The summed E-state index contributed by atoms with van der Waals surface area (Å²) in [6, 6.07) is 21.4. The molecule has 25 heavy (non-hydrogen) atoms. The van der Waals surface area contributed by atoms with Gasteiger partial charge in [-0.25, -0.2) is 4.98 Å². The molecule has 0 unspecified atom stereocenters. The molecule has 0 spiro atoms. The number of rotatable bonds is 2. The van der Waals surface area contributed by atoms with E-state index < -0.39 is 0 Å². The van der Waals surface area contributed by atoms with Crippen LogP contribution in [-0.2, 0) is 0 Å². The molecule has 4 rings (SSSR count). The molecular formula is C20H13ClN4. The van der Waals surface area contributed by atoms with Crippen molar-refractivity contribution >= 4 is 28.3 Å². The van der Waals surface area contributed by atoms with Crippen LogP contribution in [0.3, 0.4) is 0 Å². The Morgan fingerprint density at radius 3 is 2.48 bits per heavy atom. The van der Waals surface area contributed by atoms with E-state index in [1.54, 1.807) is 0 Å². The second-order valence-corrected chi connectivity index (χ2v) is 6.03. The molecule has 0 bridgehead atoms. The Kier molecular flexibility index (Phi) is 3.64. The van der Waals surface area contributed by atoms with Crippen LogP contribution in [0.15, 0.2) is 60.7 Å². The lowest BCUT2D eigenvalue weighted by Crippen LogP contribution is -2.00. The number of aromatic amines is 1. The largest absolute Gasteiger partial charge is 0.383 e. The summed E-state index contributed by atoms with van der Waals surface area (Å²) >= 11 is 6.57. The minimum absolute atomic E-state index is 0.188. The summed E-state index contributed by atoms with van der Waals surface area (Å²) in [5.41, 5.74) is 10.2. The molecule has 0 saturated carbocycles. The molecule has 2 aromatic carbocycles. The number of benzene rings is 2. The molecule has 0 saturated heterocycles. The topological polar surface area (TPSA) is 78.5 Å². The van der Waals surface area contributed by atoms with Crippen LogP contribution in [0.4, 0.5) is 5.82 Å². The Balaban J connectivity index is 2.01.